The Morgan fingerprint density at radius 1 is 0.913 bits per heavy atom. The summed E-state index contributed by atoms with van der Waals surface area (Å²) in [6.45, 7) is 3.19. The second-order valence-electron chi connectivity index (χ2n) is 4.71. The molecule has 0 saturated carbocycles. The van der Waals surface area contributed by atoms with Gasteiger partial charge >= 0.3 is 0 Å². The van der Waals surface area contributed by atoms with Crippen molar-refractivity contribution in [3.8, 4) is 5.75 Å². The first-order valence-corrected chi connectivity index (χ1v) is 7.40. The lowest BCUT2D eigenvalue weighted by atomic mass is 10.2. The largest absolute Gasteiger partial charge is 0.494 e. The molecule has 0 aliphatic heterocycles. The van der Waals surface area contributed by atoms with Gasteiger partial charge in [0.05, 0.1) is 6.61 Å². The third kappa shape index (κ3) is 5.10. The molecule has 120 valence electrons. The Kier molecular flexibility index (Phi) is 6.11. The fourth-order valence-electron chi connectivity index (χ4n) is 1.93. The lowest BCUT2D eigenvalue weighted by Crippen LogP contribution is -2.34. The molecule has 2 amide bonds. The fourth-order valence-corrected chi connectivity index (χ4v) is 1.93. The van der Waals surface area contributed by atoms with E-state index in [1.807, 2.05) is 6.92 Å². The minimum absolute atomic E-state index is 0.189. The van der Waals surface area contributed by atoms with Crippen molar-refractivity contribution in [1.29, 1.82) is 0 Å². The molecule has 6 heteroatoms. The summed E-state index contributed by atoms with van der Waals surface area (Å²) in [6, 6.07) is 10.2. The van der Waals surface area contributed by atoms with Gasteiger partial charge in [-0.25, -0.2) is 0 Å². The Morgan fingerprint density at radius 3 is 1.96 bits per heavy atom. The number of carbonyl (C=O) groups is 2. The molecular formula is C17H19N3O3. The summed E-state index contributed by atoms with van der Waals surface area (Å²) < 4.78 is 5.32. The monoisotopic (exact) mass is 313 g/mol. The van der Waals surface area contributed by atoms with E-state index in [4.69, 9.17) is 4.74 Å². The first kappa shape index (κ1) is 16.5. The number of nitrogens with one attached hydrogen (secondary N) is 2. The molecule has 0 spiro atoms. The van der Waals surface area contributed by atoms with Crippen molar-refractivity contribution in [2.75, 3.05) is 19.7 Å². The Hall–Kier alpha value is -2.89. The van der Waals surface area contributed by atoms with Crippen LogP contribution in [0.4, 0.5) is 0 Å². The maximum atomic E-state index is 12.0. The Labute approximate surface area is 134 Å². The van der Waals surface area contributed by atoms with Crippen LogP contribution in [0, 0.1) is 0 Å². The number of hydrogen-bond donors (Lipinski definition) is 2. The van der Waals surface area contributed by atoms with E-state index in [0.717, 1.165) is 5.75 Å². The molecule has 0 aliphatic carbocycles. The number of pyridine rings is 1. The highest BCUT2D eigenvalue weighted by molar-refractivity contribution is 5.95. The predicted octanol–water partition coefficient (Wildman–Crippen LogP) is 1.64. The summed E-state index contributed by atoms with van der Waals surface area (Å²) in [7, 11) is 0. The van der Waals surface area contributed by atoms with Gasteiger partial charge in [-0.05, 0) is 43.3 Å². The molecule has 0 unspecified atom stereocenters. The van der Waals surface area contributed by atoms with Crippen molar-refractivity contribution in [2.24, 2.45) is 0 Å². The summed E-state index contributed by atoms with van der Waals surface area (Å²) in [6.07, 6.45) is 3.12. The van der Waals surface area contributed by atoms with Gasteiger partial charge in [-0.15, -0.1) is 0 Å². The predicted molar refractivity (Wildman–Crippen MR) is 86.5 cm³/mol. The summed E-state index contributed by atoms with van der Waals surface area (Å²) in [5, 5.41) is 5.48. The molecule has 0 atom stereocenters. The highest BCUT2D eigenvalue weighted by atomic mass is 16.5. The fraction of sp³-hybridized carbons (Fsp3) is 0.235. The van der Waals surface area contributed by atoms with Crippen LogP contribution in [0.5, 0.6) is 5.75 Å². The molecule has 0 radical (unpaired) electrons. The summed E-state index contributed by atoms with van der Waals surface area (Å²) >= 11 is 0. The van der Waals surface area contributed by atoms with Crippen molar-refractivity contribution in [3.05, 3.63) is 59.9 Å². The van der Waals surface area contributed by atoms with Crippen LogP contribution in [0.25, 0.3) is 0 Å². The second-order valence-corrected chi connectivity index (χ2v) is 4.71. The summed E-state index contributed by atoms with van der Waals surface area (Å²) in [5.74, 6) is 0.350. The van der Waals surface area contributed by atoms with E-state index >= 15 is 0 Å². The van der Waals surface area contributed by atoms with E-state index in [1.54, 1.807) is 48.8 Å². The normalized spacial score (nSPS) is 9.96. The highest BCUT2D eigenvalue weighted by Gasteiger charge is 2.06. The molecule has 1 heterocycles. The minimum Gasteiger partial charge on any atom is -0.494 e. The van der Waals surface area contributed by atoms with E-state index in [-0.39, 0.29) is 11.8 Å². The Morgan fingerprint density at radius 2 is 1.43 bits per heavy atom. The maximum absolute atomic E-state index is 12.0. The maximum Gasteiger partial charge on any atom is 0.251 e. The van der Waals surface area contributed by atoms with Crippen LogP contribution in [0.2, 0.25) is 0 Å². The van der Waals surface area contributed by atoms with Gasteiger partial charge in [0.25, 0.3) is 11.8 Å². The average Bonchev–Trinajstić information content (AvgIpc) is 2.60. The van der Waals surface area contributed by atoms with Crippen LogP contribution in [0.3, 0.4) is 0 Å². The average molecular weight is 313 g/mol. The second kappa shape index (κ2) is 8.53. The standard InChI is InChI=1S/C17H19N3O3/c1-2-23-15-5-3-13(4-6-15)16(21)19-11-12-20-17(22)14-7-9-18-10-8-14/h3-10H,2,11-12H2,1H3,(H,19,21)(H,20,22). The van der Waals surface area contributed by atoms with Crippen LogP contribution in [0.15, 0.2) is 48.8 Å². The number of rotatable bonds is 7. The molecule has 2 aromatic rings. The molecule has 6 nitrogen and oxygen atoms in total. The third-order valence-electron chi connectivity index (χ3n) is 3.07. The van der Waals surface area contributed by atoms with Crippen molar-refractivity contribution < 1.29 is 14.3 Å². The molecule has 0 bridgehead atoms. The quantitative estimate of drug-likeness (QED) is 0.762. The zero-order valence-corrected chi connectivity index (χ0v) is 12.9. The van der Waals surface area contributed by atoms with E-state index < -0.39 is 0 Å². The van der Waals surface area contributed by atoms with Crippen LogP contribution in [-0.4, -0.2) is 36.5 Å². The molecule has 2 rings (SSSR count). The van der Waals surface area contributed by atoms with Crippen molar-refractivity contribution in [2.45, 2.75) is 6.92 Å². The number of amides is 2. The van der Waals surface area contributed by atoms with Gasteiger partial charge < -0.3 is 15.4 Å². The zero-order chi connectivity index (χ0) is 16.5. The first-order chi connectivity index (χ1) is 11.2. The Balaban J connectivity index is 1.73. The molecule has 0 aliphatic rings. The van der Waals surface area contributed by atoms with Crippen LogP contribution in [-0.2, 0) is 0 Å². The van der Waals surface area contributed by atoms with Crippen LogP contribution >= 0.6 is 0 Å². The molecular weight excluding hydrogens is 294 g/mol. The third-order valence-corrected chi connectivity index (χ3v) is 3.07. The number of aromatic nitrogens is 1. The van der Waals surface area contributed by atoms with Gasteiger partial charge in [-0.3, -0.25) is 14.6 Å². The number of hydrogen-bond acceptors (Lipinski definition) is 4. The lowest BCUT2D eigenvalue weighted by molar-refractivity contribution is 0.0927. The van der Waals surface area contributed by atoms with Crippen LogP contribution < -0.4 is 15.4 Å². The number of carbonyl (C=O) groups excluding carboxylic acids is 2. The molecule has 23 heavy (non-hydrogen) atoms. The number of ether oxygens (including phenoxy) is 1. The van der Waals surface area contributed by atoms with E-state index in [0.29, 0.717) is 30.8 Å². The zero-order valence-electron chi connectivity index (χ0n) is 12.9. The molecule has 0 fully saturated rings. The lowest BCUT2D eigenvalue weighted by Gasteiger charge is -2.08. The van der Waals surface area contributed by atoms with Gasteiger partial charge in [0.15, 0.2) is 0 Å². The van der Waals surface area contributed by atoms with Gasteiger partial charge in [0.1, 0.15) is 5.75 Å². The van der Waals surface area contributed by atoms with E-state index in [2.05, 4.69) is 15.6 Å². The smallest absolute Gasteiger partial charge is 0.251 e. The van der Waals surface area contributed by atoms with E-state index in [1.165, 1.54) is 0 Å². The molecule has 2 N–H and O–H groups in total. The van der Waals surface area contributed by atoms with Gasteiger partial charge in [0.2, 0.25) is 0 Å². The highest BCUT2D eigenvalue weighted by Crippen LogP contribution is 2.11. The van der Waals surface area contributed by atoms with E-state index in [9.17, 15) is 9.59 Å². The van der Waals surface area contributed by atoms with Crippen molar-refractivity contribution >= 4 is 11.8 Å². The molecule has 1 aromatic heterocycles. The van der Waals surface area contributed by atoms with Crippen LogP contribution in [0.1, 0.15) is 27.6 Å². The van der Waals surface area contributed by atoms with Gasteiger partial charge in [0, 0.05) is 36.6 Å². The Bertz CT molecular complexity index is 642. The SMILES string of the molecule is CCOc1ccc(C(=O)NCCNC(=O)c2ccncc2)cc1. The topological polar surface area (TPSA) is 80.3 Å². The number of nitrogens with zero attached hydrogens (tertiary/aromatic N) is 1. The minimum atomic E-state index is -0.192. The van der Waals surface area contributed by atoms with Gasteiger partial charge in [-0.2, -0.15) is 0 Å². The first-order valence-electron chi connectivity index (χ1n) is 7.40. The van der Waals surface area contributed by atoms with Crippen molar-refractivity contribution in [1.82, 2.24) is 15.6 Å². The number of benzene rings is 1. The summed E-state index contributed by atoms with van der Waals surface area (Å²) in [5.41, 5.74) is 1.09. The molecule has 1 aromatic carbocycles. The van der Waals surface area contributed by atoms with Crippen molar-refractivity contribution in [3.63, 3.8) is 0 Å². The molecule has 0 saturated heterocycles. The summed E-state index contributed by atoms with van der Waals surface area (Å²) in [4.78, 5) is 27.6. The van der Waals surface area contributed by atoms with Gasteiger partial charge in [-0.1, -0.05) is 0 Å².